The SMILES string of the molecule is O=C(O)CC1CN(C(=O)c2ccoc2)CCO1. The molecule has 1 unspecified atom stereocenters. The topological polar surface area (TPSA) is 80.0 Å². The molecule has 1 atom stereocenters. The van der Waals surface area contributed by atoms with E-state index < -0.39 is 12.1 Å². The van der Waals surface area contributed by atoms with Crippen LogP contribution >= 0.6 is 0 Å². The lowest BCUT2D eigenvalue weighted by Gasteiger charge is -2.32. The van der Waals surface area contributed by atoms with E-state index in [0.29, 0.717) is 25.3 Å². The van der Waals surface area contributed by atoms with Crippen LogP contribution in [0.1, 0.15) is 16.8 Å². The number of ether oxygens (including phenoxy) is 1. The second-order valence-electron chi connectivity index (χ2n) is 3.85. The molecular weight excluding hydrogens is 226 g/mol. The maximum Gasteiger partial charge on any atom is 0.306 e. The third kappa shape index (κ3) is 2.85. The third-order valence-corrected chi connectivity index (χ3v) is 2.60. The smallest absolute Gasteiger partial charge is 0.306 e. The van der Waals surface area contributed by atoms with Crippen molar-refractivity contribution in [3.8, 4) is 0 Å². The highest BCUT2D eigenvalue weighted by molar-refractivity contribution is 5.93. The number of morpholine rings is 1. The quantitative estimate of drug-likeness (QED) is 0.835. The Bertz CT molecular complexity index is 400. The summed E-state index contributed by atoms with van der Waals surface area (Å²) in [7, 11) is 0. The van der Waals surface area contributed by atoms with Gasteiger partial charge in [0.05, 0.1) is 31.0 Å². The van der Waals surface area contributed by atoms with Crippen LogP contribution in [0.4, 0.5) is 0 Å². The number of amides is 1. The molecule has 2 rings (SSSR count). The standard InChI is InChI=1S/C11H13NO5/c13-10(14)5-9-6-12(2-4-17-9)11(15)8-1-3-16-7-8/h1,3,7,9H,2,4-6H2,(H,13,14). The molecule has 0 bridgehead atoms. The molecule has 1 aromatic heterocycles. The van der Waals surface area contributed by atoms with Gasteiger partial charge in [-0.15, -0.1) is 0 Å². The Hall–Kier alpha value is -1.82. The molecule has 1 N–H and O–H groups in total. The summed E-state index contributed by atoms with van der Waals surface area (Å²) in [5.74, 6) is -1.08. The lowest BCUT2D eigenvalue weighted by Crippen LogP contribution is -2.46. The molecule has 6 nitrogen and oxygen atoms in total. The lowest BCUT2D eigenvalue weighted by atomic mass is 10.2. The van der Waals surface area contributed by atoms with Crippen LogP contribution in [0.25, 0.3) is 0 Å². The Morgan fingerprint density at radius 1 is 1.53 bits per heavy atom. The summed E-state index contributed by atoms with van der Waals surface area (Å²) < 4.78 is 10.1. The van der Waals surface area contributed by atoms with Gasteiger partial charge in [0.2, 0.25) is 0 Å². The number of hydrogen-bond donors (Lipinski definition) is 1. The van der Waals surface area contributed by atoms with Gasteiger partial charge in [0, 0.05) is 13.1 Å². The first-order valence-electron chi connectivity index (χ1n) is 5.31. The fourth-order valence-corrected chi connectivity index (χ4v) is 1.79. The van der Waals surface area contributed by atoms with Crippen LogP contribution in [-0.4, -0.2) is 47.7 Å². The van der Waals surface area contributed by atoms with Gasteiger partial charge in [-0.3, -0.25) is 9.59 Å². The van der Waals surface area contributed by atoms with Gasteiger partial charge in [-0.1, -0.05) is 0 Å². The number of furan rings is 1. The van der Waals surface area contributed by atoms with Gasteiger partial charge < -0.3 is 19.2 Å². The Kier molecular flexibility index (Phi) is 3.43. The predicted octanol–water partition coefficient (Wildman–Crippen LogP) is 0.595. The highest BCUT2D eigenvalue weighted by Gasteiger charge is 2.26. The first-order chi connectivity index (χ1) is 8.16. The number of carboxylic acid groups (broad SMARTS) is 1. The molecule has 1 fully saturated rings. The van der Waals surface area contributed by atoms with Crippen LogP contribution in [0.15, 0.2) is 23.0 Å². The molecule has 1 aliphatic rings. The molecule has 0 spiro atoms. The van der Waals surface area contributed by atoms with Crippen molar-refractivity contribution >= 4 is 11.9 Å². The molecule has 1 aliphatic heterocycles. The Morgan fingerprint density at radius 2 is 2.35 bits per heavy atom. The van der Waals surface area contributed by atoms with Crippen molar-refractivity contribution in [3.05, 3.63) is 24.2 Å². The number of aliphatic carboxylic acids is 1. The van der Waals surface area contributed by atoms with Gasteiger partial charge in [-0.05, 0) is 6.07 Å². The highest BCUT2D eigenvalue weighted by atomic mass is 16.5. The second kappa shape index (κ2) is 5.01. The van der Waals surface area contributed by atoms with Crippen molar-refractivity contribution in [2.75, 3.05) is 19.7 Å². The molecule has 0 saturated carbocycles. The minimum atomic E-state index is -0.924. The fourth-order valence-electron chi connectivity index (χ4n) is 1.79. The zero-order chi connectivity index (χ0) is 12.3. The highest BCUT2D eigenvalue weighted by Crippen LogP contribution is 2.13. The maximum absolute atomic E-state index is 12.0. The van der Waals surface area contributed by atoms with Crippen molar-refractivity contribution in [1.82, 2.24) is 4.90 Å². The van der Waals surface area contributed by atoms with Crippen LogP contribution in [0, 0.1) is 0 Å². The van der Waals surface area contributed by atoms with E-state index in [0.717, 1.165) is 0 Å². The number of carbonyl (C=O) groups is 2. The number of carboxylic acids is 1. The molecule has 1 aromatic rings. The molecule has 17 heavy (non-hydrogen) atoms. The van der Waals surface area contributed by atoms with Crippen LogP contribution < -0.4 is 0 Å². The van der Waals surface area contributed by atoms with Gasteiger partial charge in [0.15, 0.2) is 0 Å². The number of hydrogen-bond acceptors (Lipinski definition) is 4. The number of rotatable bonds is 3. The molecule has 0 radical (unpaired) electrons. The van der Waals surface area contributed by atoms with E-state index in [4.69, 9.17) is 14.3 Å². The Balaban J connectivity index is 1.97. The van der Waals surface area contributed by atoms with Gasteiger partial charge in [0.25, 0.3) is 5.91 Å². The van der Waals surface area contributed by atoms with Crippen molar-refractivity contribution in [2.45, 2.75) is 12.5 Å². The summed E-state index contributed by atoms with van der Waals surface area (Å²) in [6, 6.07) is 1.59. The monoisotopic (exact) mass is 239 g/mol. The van der Waals surface area contributed by atoms with Gasteiger partial charge in [0.1, 0.15) is 6.26 Å². The fraction of sp³-hybridized carbons (Fsp3) is 0.455. The normalized spacial score (nSPS) is 20.2. The predicted molar refractivity (Wildman–Crippen MR) is 56.6 cm³/mol. The third-order valence-electron chi connectivity index (χ3n) is 2.60. The summed E-state index contributed by atoms with van der Waals surface area (Å²) in [4.78, 5) is 24.1. The van der Waals surface area contributed by atoms with Crippen molar-refractivity contribution in [3.63, 3.8) is 0 Å². The van der Waals surface area contributed by atoms with E-state index in [2.05, 4.69) is 0 Å². The maximum atomic E-state index is 12.0. The molecule has 0 aromatic carbocycles. The molecule has 0 aliphatic carbocycles. The van der Waals surface area contributed by atoms with E-state index in [1.54, 1.807) is 11.0 Å². The second-order valence-corrected chi connectivity index (χ2v) is 3.85. The van der Waals surface area contributed by atoms with Crippen LogP contribution in [-0.2, 0) is 9.53 Å². The summed E-state index contributed by atoms with van der Waals surface area (Å²) in [6.07, 6.45) is 2.29. The van der Waals surface area contributed by atoms with Crippen molar-refractivity contribution in [2.24, 2.45) is 0 Å². The van der Waals surface area contributed by atoms with Crippen molar-refractivity contribution < 1.29 is 23.8 Å². The minimum absolute atomic E-state index is 0.0881. The first-order valence-corrected chi connectivity index (χ1v) is 5.31. The van der Waals surface area contributed by atoms with Crippen LogP contribution in [0.5, 0.6) is 0 Å². The number of carbonyl (C=O) groups excluding carboxylic acids is 1. The summed E-state index contributed by atoms with van der Waals surface area (Å²) in [5, 5.41) is 8.68. The number of nitrogens with zero attached hydrogens (tertiary/aromatic N) is 1. The van der Waals surface area contributed by atoms with E-state index >= 15 is 0 Å². The average Bonchev–Trinajstić information content (AvgIpc) is 2.81. The first kappa shape index (κ1) is 11.7. The zero-order valence-corrected chi connectivity index (χ0v) is 9.17. The molecule has 2 heterocycles. The van der Waals surface area contributed by atoms with E-state index in [1.807, 2.05) is 0 Å². The zero-order valence-electron chi connectivity index (χ0n) is 9.17. The minimum Gasteiger partial charge on any atom is -0.481 e. The van der Waals surface area contributed by atoms with E-state index in [-0.39, 0.29) is 12.3 Å². The summed E-state index contributed by atoms with van der Waals surface area (Å²) in [5.41, 5.74) is 0.473. The van der Waals surface area contributed by atoms with Crippen LogP contribution in [0.2, 0.25) is 0 Å². The summed E-state index contributed by atoms with van der Waals surface area (Å²) >= 11 is 0. The van der Waals surface area contributed by atoms with E-state index in [1.165, 1.54) is 12.5 Å². The van der Waals surface area contributed by atoms with E-state index in [9.17, 15) is 9.59 Å². The van der Waals surface area contributed by atoms with Gasteiger partial charge in [-0.2, -0.15) is 0 Å². The Morgan fingerprint density at radius 3 is 3.00 bits per heavy atom. The van der Waals surface area contributed by atoms with Gasteiger partial charge >= 0.3 is 5.97 Å². The van der Waals surface area contributed by atoms with Crippen LogP contribution in [0.3, 0.4) is 0 Å². The Labute approximate surface area is 97.8 Å². The van der Waals surface area contributed by atoms with Crippen molar-refractivity contribution in [1.29, 1.82) is 0 Å². The summed E-state index contributed by atoms with van der Waals surface area (Å²) in [6.45, 7) is 1.14. The molecule has 6 heteroatoms. The molecule has 1 amide bonds. The largest absolute Gasteiger partial charge is 0.481 e. The molecule has 1 saturated heterocycles. The molecular formula is C11H13NO5. The van der Waals surface area contributed by atoms with Gasteiger partial charge in [-0.25, -0.2) is 0 Å². The lowest BCUT2D eigenvalue weighted by molar-refractivity contribution is -0.141. The average molecular weight is 239 g/mol. The molecule has 92 valence electrons.